The molecule has 0 aromatic carbocycles. The van der Waals surface area contributed by atoms with Gasteiger partial charge in [0, 0.05) is 12.1 Å². The van der Waals surface area contributed by atoms with E-state index >= 15 is 0 Å². The van der Waals surface area contributed by atoms with Crippen molar-refractivity contribution in [2.24, 2.45) is 0 Å². The molecule has 0 saturated heterocycles. The number of hydrogen-bond acceptors (Lipinski definition) is 3. The molecule has 1 rings (SSSR count). The van der Waals surface area contributed by atoms with Crippen molar-refractivity contribution < 1.29 is 9.84 Å². The molecule has 0 aliphatic carbocycles. The quantitative estimate of drug-likeness (QED) is 0.694. The fraction of sp³-hybridized carbons (Fsp3) is 0.667. The zero-order chi connectivity index (χ0) is 11.5. The SMILES string of the molecule is CC=CC(C)(C)NCC1OC=CC1(C)O. The summed E-state index contributed by atoms with van der Waals surface area (Å²) in [4.78, 5) is 0. The molecule has 0 amide bonds. The largest absolute Gasteiger partial charge is 0.494 e. The van der Waals surface area contributed by atoms with Gasteiger partial charge in [-0.1, -0.05) is 12.2 Å². The van der Waals surface area contributed by atoms with Gasteiger partial charge in [-0.2, -0.15) is 0 Å². The molecule has 1 aliphatic rings. The van der Waals surface area contributed by atoms with Gasteiger partial charge in [0.2, 0.25) is 0 Å². The Bertz CT molecular complexity index is 267. The molecule has 0 aromatic rings. The van der Waals surface area contributed by atoms with E-state index < -0.39 is 5.60 Å². The maximum absolute atomic E-state index is 9.91. The van der Waals surface area contributed by atoms with Crippen LogP contribution in [0.1, 0.15) is 27.7 Å². The van der Waals surface area contributed by atoms with Crippen LogP contribution in [0.3, 0.4) is 0 Å². The van der Waals surface area contributed by atoms with E-state index in [9.17, 15) is 5.11 Å². The van der Waals surface area contributed by atoms with Crippen LogP contribution in [0.15, 0.2) is 24.5 Å². The van der Waals surface area contributed by atoms with Gasteiger partial charge in [-0.3, -0.25) is 0 Å². The Labute approximate surface area is 91.8 Å². The van der Waals surface area contributed by atoms with Crippen LogP contribution in [-0.2, 0) is 4.74 Å². The van der Waals surface area contributed by atoms with Crippen molar-refractivity contribution in [3.63, 3.8) is 0 Å². The van der Waals surface area contributed by atoms with Gasteiger partial charge >= 0.3 is 0 Å². The molecule has 0 saturated carbocycles. The Morgan fingerprint density at radius 2 is 2.27 bits per heavy atom. The summed E-state index contributed by atoms with van der Waals surface area (Å²) in [5.74, 6) is 0. The van der Waals surface area contributed by atoms with Gasteiger partial charge < -0.3 is 15.2 Å². The van der Waals surface area contributed by atoms with Gasteiger partial charge in [-0.05, 0) is 33.8 Å². The monoisotopic (exact) mass is 211 g/mol. The lowest BCUT2D eigenvalue weighted by Crippen LogP contribution is -2.48. The Kier molecular flexibility index (Phi) is 3.58. The Morgan fingerprint density at radius 1 is 1.60 bits per heavy atom. The van der Waals surface area contributed by atoms with Gasteiger partial charge in [-0.25, -0.2) is 0 Å². The standard InChI is InChI=1S/C12H21NO2/c1-5-6-11(2,3)13-9-10-12(4,14)7-8-15-10/h5-8,10,13-14H,9H2,1-4H3. The molecule has 1 heterocycles. The highest BCUT2D eigenvalue weighted by Crippen LogP contribution is 2.22. The second kappa shape index (κ2) is 4.37. The van der Waals surface area contributed by atoms with Crippen molar-refractivity contribution in [2.45, 2.75) is 44.9 Å². The van der Waals surface area contributed by atoms with Crippen molar-refractivity contribution in [2.75, 3.05) is 6.54 Å². The van der Waals surface area contributed by atoms with E-state index in [2.05, 4.69) is 25.2 Å². The molecular weight excluding hydrogens is 190 g/mol. The zero-order valence-corrected chi connectivity index (χ0v) is 9.95. The molecule has 0 bridgehead atoms. The molecule has 3 heteroatoms. The summed E-state index contributed by atoms with van der Waals surface area (Å²) in [6.07, 6.45) is 7.14. The van der Waals surface area contributed by atoms with Crippen LogP contribution in [0.5, 0.6) is 0 Å². The molecule has 2 N–H and O–H groups in total. The molecule has 15 heavy (non-hydrogen) atoms. The average Bonchev–Trinajstić information content (AvgIpc) is 2.41. The third-order valence-electron chi connectivity index (χ3n) is 2.63. The first-order chi connectivity index (χ1) is 6.87. The van der Waals surface area contributed by atoms with Crippen LogP contribution in [0.2, 0.25) is 0 Å². The summed E-state index contributed by atoms with van der Waals surface area (Å²) < 4.78 is 5.32. The van der Waals surface area contributed by atoms with E-state index in [0.717, 1.165) is 0 Å². The predicted molar refractivity (Wildman–Crippen MR) is 61.5 cm³/mol. The van der Waals surface area contributed by atoms with Crippen molar-refractivity contribution in [3.8, 4) is 0 Å². The highest BCUT2D eigenvalue weighted by atomic mass is 16.5. The Balaban J connectivity index is 2.45. The lowest BCUT2D eigenvalue weighted by molar-refractivity contribution is -0.00838. The van der Waals surface area contributed by atoms with E-state index in [1.807, 2.05) is 13.0 Å². The first-order valence-electron chi connectivity index (χ1n) is 5.32. The van der Waals surface area contributed by atoms with Crippen molar-refractivity contribution in [3.05, 3.63) is 24.5 Å². The van der Waals surface area contributed by atoms with Crippen LogP contribution < -0.4 is 5.32 Å². The predicted octanol–water partition coefficient (Wildman–Crippen LogP) is 1.59. The summed E-state index contributed by atoms with van der Waals surface area (Å²) in [5.41, 5.74) is -0.935. The third kappa shape index (κ3) is 3.36. The first-order valence-corrected chi connectivity index (χ1v) is 5.32. The molecule has 1 aliphatic heterocycles. The van der Waals surface area contributed by atoms with Crippen LogP contribution >= 0.6 is 0 Å². The molecule has 2 atom stereocenters. The van der Waals surface area contributed by atoms with Crippen molar-refractivity contribution >= 4 is 0 Å². The molecule has 86 valence electrons. The maximum Gasteiger partial charge on any atom is 0.142 e. The maximum atomic E-state index is 9.91. The molecule has 3 nitrogen and oxygen atoms in total. The van der Waals surface area contributed by atoms with Crippen LogP contribution in [0.25, 0.3) is 0 Å². The topological polar surface area (TPSA) is 41.5 Å². The molecule has 2 unspecified atom stereocenters. The fourth-order valence-electron chi connectivity index (χ4n) is 1.60. The van der Waals surface area contributed by atoms with Gasteiger partial charge in [0.15, 0.2) is 0 Å². The average molecular weight is 211 g/mol. The van der Waals surface area contributed by atoms with E-state index in [-0.39, 0.29) is 11.6 Å². The summed E-state index contributed by atoms with van der Waals surface area (Å²) in [7, 11) is 0. The normalized spacial score (nSPS) is 31.1. The Morgan fingerprint density at radius 3 is 2.73 bits per heavy atom. The van der Waals surface area contributed by atoms with Crippen molar-refractivity contribution in [1.82, 2.24) is 5.32 Å². The zero-order valence-electron chi connectivity index (χ0n) is 9.95. The van der Waals surface area contributed by atoms with E-state index in [0.29, 0.717) is 6.54 Å². The number of aliphatic hydroxyl groups is 1. The van der Waals surface area contributed by atoms with Gasteiger partial charge in [0.05, 0.1) is 6.26 Å². The molecule has 0 radical (unpaired) electrons. The second-order valence-electron chi connectivity index (χ2n) is 4.76. The molecule has 0 fully saturated rings. The van der Waals surface area contributed by atoms with Crippen LogP contribution in [0.4, 0.5) is 0 Å². The summed E-state index contributed by atoms with van der Waals surface area (Å²) in [6, 6.07) is 0. The van der Waals surface area contributed by atoms with E-state index in [1.165, 1.54) is 0 Å². The molecule has 0 spiro atoms. The lowest BCUT2D eigenvalue weighted by atomic mass is 9.99. The molecule has 0 aromatic heterocycles. The smallest absolute Gasteiger partial charge is 0.142 e. The summed E-state index contributed by atoms with van der Waals surface area (Å²) >= 11 is 0. The number of hydrogen-bond donors (Lipinski definition) is 2. The number of rotatable bonds is 4. The highest BCUT2D eigenvalue weighted by molar-refractivity contribution is 5.08. The lowest BCUT2D eigenvalue weighted by Gasteiger charge is -2.29. The van der Waals surface area contributed by atoms with Crippen LogP contribution in [-0.4, -0.2) is 28.9 Å². The molecular formula is C12H21NO2. The minimum Gasteiger partial charge on any atom is -0.494 e. The number of ether oxygens (including phenoxy) is 1. The van der Waals surface area contributed by atoms with Gasteiger partial charge in [0.1, 0.15) is 11.7 Å². The van der Waals surface area contributed by atoms with Crippen molar-refractivity contribution in [1.29, 1.82) is 0 Å². The van der Waals surface area contributed by atoms with E-state index in [4.69, 9.17) is 4.74 Å². The summed E-state index contributed by atoms with van der Waals surface area (Å²) in [6.45, 7) is 8.55. The minimum atomic E-state index is -0.862. The number of allylic oxidation sites excluding steroid dienone is 1. The van der Waals surface area contributed by atoms with Crippen LogP contribution in [0, 0.1) is 0 Å². The highest BCUT2D eigenvalue weighted by Gasteiger charge is 2.35. The number of nitrogens with one attached hydrogen (secondary N) is 1. The fourth-order valence-corrected chi connectivity index (χ4v) is 1.60. The first kappa shape index (κ1) is 12.3. The van der Waals surface area contributed by atoms with Gasteiger partial charge in [0.25, 0.3) is 0 Å². The minimum absolute atomic E-state index is 0.0726. The second-order valence-corrected chi connectivity index (χ2v) is 4.76. The summed E-state index contributed by atoms with van der Waals surface area (Å²) in [5, 5.41) is 13.3. The van der Waals surface area contributed by atoms with E-state index in [1.54, 1.807) is 19.3 Å². The third-order valence-corrected chi connectivity index (χ3v) is 2.63. The Hall–Kier alpha value is -0.800. The van der Waals surface area contributed by atoms with Gasteiger partial charge in [-0.15, -0.1) is 0 Å².